The fourth-order valence-electron chi connectivity index (χ4n) is 0.933. The van der Waals surface area contributed by atoms with Crippen LogP contribution in [0.5, 0.6) is 0 Å². The second-order valence-electron chi connectivity index (χ2n) is 2.87. The fraction of sp³-hybridized carbons (Fsp3) is 0.300. The monoisotopic (exact) mass is 209 g/mol. The van der Waals surface area contributed by atoms with Crippen LogP contribution in [0.4, 0.5) is 5.69 Å². The highest BCUT2D eigenvalue weighted by Gasteiger charge is 1.92. The van der Waals surface area contributed by atoms with Crippen molar-refractivity contribution in [2.45, 2.75) is 13.3 Å². The SMILES string of the molecule is CCCNC(=S)NNc1ccccc1. The van der Waals surface area contributed by atoms with E-state index in [0.29, 0.717) is 5.11 Å². The Labute approximate surface area is 89.9 Å². The normalized spacial score (nSPS) is 9.21. The van der Waals surface area contributed by atoms with Gasteiger partial charge in [-0.25, -0.2) is 0 Å². The number of benzene rings is 1. The van der Waals surface area contributed by atoms with E-state index in [1.165, 1.54) is 0 Å². The first-order chi connectivity index (χ1) is 6.83. The Kier molecular flexibility index (Phi) is 4.78. The smallest absolute Gasteiger partial charge is 0.185 e. The summed E-state index contributed by atoms with van der Waals surface area (Å²) in [6.07, 6.45) is 1.06. The van der Waals surface area contributed by atoms with Crippen LogP contribution in [0.1, 0.15) is 13.3 Å². The van der Waals surface area contributed by atoms with Crippen molar-refractivity contribution in [3.05, 3.63) is 30.3 Å². The van der Waals surface area contributed by atoms with Gasteiger partial charge in [0.1, 0.15) is 0 Å². The first kappa shape index (κ1) is 10.8. The molecular formula is C10H15N3S. The molecule has 0 aromatic heterocycles. The van der Waals surface area contributed by atoms with E-state index < -0.39 is 0 Å². The van der Waals surface area contributed by atoms with Crippen molar-refractivity contribution in [1.82, 2.24) is 10.7 Å². The van der Waals surface area contributed by atoms with E-state index in [0.717, 1.165) is 18.7 Å². The zero-order chi connectivity index (χ0) is 10.2. The summed E-state index contributed by atoms with van der Waals surface area (Å²) in [6, 6.07) is 9.84. The van der Waals surface area contributed by atoms with E-state index in [2.05, 4.69) is 23.1 Å². The lowest BCUT2D eigenvalue weighted by Crippen LogP contribution is -2.38. The average Bonchev–Trinajstić information content (AvgIpc) is 2.25. The molecule has 0 atom stereocenters. The first-order valence-electron chi connectivity index (χ1n) is 4.68. The van der Waals surface area contributed by atoms with E-state index >= 15 is 0 Å². The minimum Gasteiger partial charge on any atom is -0.361 e. The predicted molar refractivity (Wildman–Crippen MR) is 64.1 cm³/mol. The molecule has 1 aromatic carbocycles. The van der Waals surface area contributed by atoms with Gasteiger partial charge in [0.2, 0.25) is 0 Å². The van der Waals surface area contributed by atoms with Gasteiger partial charge in [0, 0.05) is 6.54 Å². The minimum atomic E-state index is 0.621. The van der Waals surface area contributed by atoms with Crippen LogP contribution < -0.4 is 16.2 Å². The van der Waals surface area contributed by atoms with Crippen LogP contribution in [0.15, 0.2) is 30.3 Å². The summed E-state index contributed by atoms with van der Waals surface area (Å²) in [5.41, 5.74) is 6.90. The molecule has 3 N–H and O–H groups in total. The maximum absolute atomic E-state index is 5.03. The van der Waals surface area contributed by atoms with Gasteiger partial charge in [-0.3, -0.25) is 10.9 Å². The van der Waals surface area contributed by atoms with Crippen LogP contribution in [0.25, 0.3) is 0 Å². The van der Waals surface area contributed by atoms with Gasteiger partial charge in [0.15, 0.2) is 5.11 Å². The second-order valence-corrected chi connectivity index (χ2v) is 3.28. The molecule has 0 saturated heterocycles. The Balaban J connectivity index is 2.24. The maximum atomic E-state index is 5.03. The summed E-state index contributed by atoms with van der Waals surface area (Å²) in [5, 5.41) is 3.68. The molecule has 4 heteroatoms. The van der Waals surface area contributed by atoms with E-state index in [4.69, 9.17) is 12.2 Å². The van der Waals surface area contributed by atoms with E-state index in [1.54, 1.807) is 0 Å². The van der Waals surface area contributed by atoms with E-state index in [1.807, 2.05) is 30.3 Å². The summed E-state index contributed by atoms with van der Waals surface area (Å²) >= 11 is 5.03. The van der Waals surface area contributed by atoms with E-state index in [9.17, 15) is 0 Å². The molecule has 0 aliphatic heterocycles. The molecule has 0 radical (unpaired) electrons. The van der Waals surface area contributed by atoms with Crippen LogP contribution in [0.3, 0.4) is 0 Å². The molecule has 0 bridgehead atoms. The third-order valence-electron chi connectivity index (χ3n) is 1.63. The van der Waals surface area contributed by atoms with Gasteiger partial charge in [-0.1, -0.05) is 25.1 Å². The number of anilines is 1. The highest BCUT2D eigenvalue weighted by Crippen LogP contribution is 2.02. The molecule has 14 heavy (non-hydrogen) atoms. The lowest BCUT2D eigenvalue weighted by atomic mass is 10.3. The zero-order valence-corrected chi connectivity index (χ0v) is 9.03. The molecule has 0 heterocycles. The molecule has 0 spiro atoms. The first-order valence-corrected chi connectivity index (χ1v) is 5.08. The summed E-state index contributed by atoms with van der Waals surface area (Å²) in [6.45, 7) is 2.99. The van der Waals surface area contributed by atoms with Crippen molar-refractivity contribution < 1.29 is 0 Å². The number of rotatable bonds is 4. The zero-order valence-electron chi connectivity index (χ0n) is 8.21. The van der Waals surface area contributed by atoms with Crippen molar-refractivity contribution in [3.63, 3.8) is 0 Å². The highest BCUT2D eigenvalue weighted by atomic mass is 32.1. The molecule has 0 aliphatic rings. The Morgan fingerprint density at radius 2 is 2.00 bits per heavy atom. The highest BCUT2D eigenvalue weighted by molar-refractivity contribution is 7.80. The summed E-state index contributed by atoms with van der Waals surface area (Å²) in [4.78, 5) is 0. The molecule has 0 unspecified atom stereocenters. The van der Waals surface area contributed by atoms with Crippen molar-refractivity contribution in [2.24, 2.45) is 0 Å². The van der Waals surface area contributed by atoms with Crippen LogP contribution in [0.2, 0.25) is 0 Å². The van der Waals surface area contributed by atoms with E-state index in [-0.39, 0.29) is 0 Å². The number of hydrogen-bond acceptors (Lipinski definition) is 2. The maximum Gasteiger partial charge on any atom is 0.185 e. The second kappa shape index (κ2) is 6.21. The standard InChI is InChI=1S/C10H15N3S/c1-2-8-11-10(14)13-12-9-6-4-3-5-7-9/h3-7,12H,2,8H2,1H3,(H2,11,13,14). The van der Waals surface area contributed by atoms with Crippen molar-refractivity contribution in [3.8, 4) is 0 Å². The summed E-state index contributed by atoms with van der Waals surface area (Å²) < 4.78 is 0. The lowest BCUT2D eigenvalue weighted by molar-refractivity contribution is 0.826. The van der Waals surface area contributed by atoms with Crippen molar-refractivity contribution in [2.75, 3.05) is 12.0 Å². The van der Waals surface area contributed by atoms with Gasteiger partial charge in [0.25, 0.3) is 0 Å². The van der Waals surface area contributed by atoms with Crippen molar-refractivity contribution in [1.29, 1.82) is 0 Å². The molecule has 1 aromatic rings. The number of nitrogens with one attached hydrogen (secondary N) is 3. The fourth-order valence-corrected chi connectivity index (χ4v) is 1.09. The predicted octanol–water partition coefficient (Wildman–Crippen LogP) is 1.89. The Morgan fingerprint density at radius 3 is 2.64 bits per heavy atom. The molecule has 0 saturated carbocycles. The van der Waals surface area contributed by atoms with Gasteiger partial charge < -0.3 is 5.32 Å². The van der Waals surface area contributed by atoms with Crippen LogP contribution in [0, 0.1) is 0 Å². The Hall–Kier alpha value is -1.29. The van der Waals surface area contributed by atoms with Crippen LogP contribution in [-0.2, 0) is 0 Å². The van der Waals surface area contributed by atoms with Crippen LogP contribution >= 0.6 is 12.2 Å². The van der Waals surface area contributed by atoms with Gasteiger partial charge in [-0.2, -0.15) is 0 Å². The lowest BCUT2D eigenvalue weighted by Gasteiger charge is -2.11. The molecule has 1 rings (SSSR count). The quantitative estimate of drug-likeness (QED) is 0.523. The molecule has 76 valence electrons. The van der Waals surface area contributed by atoms with Gasteiger partial charge in [-0.15, -0.1) is 0 Å². The molecular weight excluding hydrogens is 194 g/mol. The van der Waals surface area contributed by atoms with Crippen molar-refractivity contribution >= 4 is 23.0 Å². The van der Waals surface area contributed by atoms with Gasteiger partial charge >= 0.3 is 0 Å². The summed E-state index contributed by atoms with van der Waals surface area (Å²) in [5.74, 6) is 0. The molecule has 0 aliphatic carbocycles. The summed E-state index contributed by atoms with van der Waals surface area (Å²) in [7, 11) is 0. The average molecular weight is 209 g/mol. The number of hydrazine groups is 1. The molecule has 0 fully saturated rings. The Bertz CT molecular complexity index is 274. The van der Waals surface area contributed by atoms with Crippen LogP contribution in [-0.4, -0.2) is 11.7 Å². The topological polar surface area (TPSA) is 36.1 Å². The number of hydrogen-bond donors (Lipinski definition) is 3. The number of para-hydroxylation sites is 1. The minimum absolute atomic E-state index is 0.621. The largest absolute Gasteiger partial charge is 0.361 e. The molecule has 3 nitrogen and oxygen atoms in total. The molecule has 0 amide bonds. The number of thiocarbonyl (C=S) groups is 1. The van der Waals surface area contributed by atoms with Gasteiger partial charge in [-0.05, 0) is 30.8 Å². The third kappa shape index (κ3) is 4.09. The Morgan fingerprint density at radius 1 is 1.29 bits per heavy atom. The third-order valence-corrected chi connectivity index (χ3v) is 1.88. The van der Waals surface area contributed by atoms with Gasteiger partial charge in [0.05, 0.1) is 5.69 Å².